The van der Waals surface area contributed by atoms with E-state index in [1.807, 2.05) is 5.32 Å². The molecule has 0 aromatic rings. The van der Waals surface area contributed by atoms with Gasteiger partial charge in [0.1, 0.15) is 12.3 Å². The minimum atomic E-state index is -0.451. The summed E-state index contributed by atoms with van der Waals surface area (Å²) in [6.07, 6.45) is 12.9. The molecule has 0 saturated heterocycles. The summed E-state index contributed by atoms with van der Waals surface area (Å²) in [6.45, 7) is 1.52. The molecule has 0 radical (unpaired) electrons. The molecule has 6 nitrogen and oxygen atoms in total. The summed E-state index contributed by atoms with van der Waals surface area (Å²) in [5, 5.41) is 10.9. The fraction of sp³-hybridized carbons (Fsp3) is 0.385. The number of ether oxygens (including phenoxy) is 1. The van der Waals surface area contributed by atoms with Gasteiger partial charge in [-0.1, -0.05) is 6.08 Å². The number of hydrogen-bond acceptors (Lipinski definition) is 5. The van der Waals surface area contributed by atoms with Crippen molar-refractivity contribution in [3.63, 3.8) is 0 Å². The predicted molar refractivity (Wildman–Crippen MR) is 70.5 cm³/mol. The number of carbonyl (C=O) groups excluding carboxylic acids is 2. The maximum Gasteiger partial charge on any atom is 0.254 e. The fourth-order valence-electron chi connectivity index (χ4n) is 1.43. The zero-order valence-electron chi connectivity index (χ0n) is 10.9. The van der Waals surface area contributed by atoms with Crippen molar-refractivity contribution in [2.24, 2.45) is 0 Å². The Kier molecular flexibility index (Phi) is 7.93. The molecule has 19 heavy (non-hydrogen) atoms. The third-order valence-corrected chi connectivity index (χ3v) is 2.33. The van der Waals surface area contributed by atoms with E-state index in [0.29, 0.717) is 12.0 Å². The molecule has 0 aromatic carbocycles. The van der Waals surface area contributed by atoms with Crippen molar-refractivity contribution in [1.29, 1.82) is 0 Å². The highest BCUT2D eigenvalue weighted by Crippen LogP contribution is 2.14. The maximum atomic E-state index is 11.3. The topological polar surface area (TPSA) is 78.9 Å². The number of imide groups is 1. The first-order valence-corrected chi connectivity index (χ1v) is 5.51. The highest BCUT2D eigenvalue weighted by atomic mass is 16.5. The van der Waals surface area contributed by atoms with Crippen LogP contribution in [0, 0.1) is 12.8 Å². The Balaban J connectivity index is 0.00000154. The van der Waals surface area contributed by atoms with Crippen molar-refractivity contribution in [3.8, 4) is 12.8 Å². The molecule has 1 heterocycles. The molecule has 1 unspecified atom stereocenters. The summed E-state index contributed by atoms with van der Waals surface area (Å²) in [4.78, 5) is 23.1. The summed E-state index contributed by atoms with van der Waals surface area (Å²) >= 11 is 0. The Morgan fingerprint density at radius 2 is 2.16 bits per heavy atom. The second kappa shape index (κ2) is 8.91. The summed E-state index contributed by atoms with van der Waals surface area (Å²) in [5.41, 5.74) is 0.393. The van der Waals surface area contributed by atoms with Crippen LogP contribution < -0.4 is 5.32 Å². The molecular formula is C13H18N2O4. The number of rotatable bonds is 5. The maximum absolute atomic E-state index is 11.3. The molecule has 1 aliphatic heterocycles. The molecular weight excluding hydrogens is 248 g/mol. The number of aliphatic hydroxyl groups is 1. The van der Waals surface area contributed by atoms with Crippen LogP contribution in [0.15, 0.2) is 23.9 Å². The van der Waals surface area contributed by atoms with Gasteiger partial charge in [0.15, 0.2) is 0 Å². The van der Waals surface area contributed by atoms with E-state index < -0.39 is 5.91 Å². The minimum Gasteiger partial charge on any atom is -0.393 e. The van der Waals surface area contributed by atoms with Crippen LogP contribution in [-0.4, -0.2) is 48.3 Å². The van der Waals surface area contributed by atoms with Crippen LogP contribution in [0.1, 0.15) is 6.92 Å². The van der Waals surface area contributed by atoms with E-state index in [0.717, 1.165) is 0 Å². The van der Waals surface area contributed by atoms with E-state index in [1.165, 1.54) is 0 Å². The zero-order chi connectivity index (χ0) is 14.8. The van der Waals surface area contributed by atoms with Crippen molar-refractivity contribution in [2.45, 2.75) is 19.3 Å². The Labute approximate surface area is 112 Å². The number of likely N-dealkylation sites (N-methyl/N-ethyl adjacent to an activating group) is 1. The lowest BCUT2D eigenvalue weighted by Crippen LogP contribution is -2.30. The first-order chi connectivity index (χ1) is 9.08. The summed E-state index contributed by atoms with van der Waals surface area (Å²) < 4.78 is 5.43. The SMILES string of the molecule is C#C.C/C(=C/N(C)C1C=C[C@@H](CO)O1)C(=O)NC=O. The number of nitrogens with one attached hydrogen (secondary N) is 1. The monoisotopic (exact) mass is 266 g/mol. The third-order valence-electron chi connectivity index (χ3n) is 2.33. The van der Waals surface area contributed by atoms with Crippen molar-refractivity contribution in [3.05, 3.63) is 23.9 Å². The van der Waals surface area contributed by atoms with Gasteiger partial charge in [-0.2, -0.15) is 0 Å². The standard InChI is InChI=1S/C11H16N2O4.C2H2/c1-8(11(16)12-7-15)5-13(2)10-4-3-9(6-14)17-10;1-2/h3-5,7,9-10,14H,6H2,1-2H3,(H,12,15,16);1-2H/b8-5-;/t9-,10?;/m0./s1. The van der Waals surface area contributed by atoms with E-state index in [9.17, 15) is 9.59 Å². The van der Waals surface area contributed by atoms with Crippen LogP contribution in [0.4, 0.5) is 0 Å². The normalized spacial score (nSPS) is 21.2. The number of aliphatic hydroxyl groups excluding tert-OH is 1. The zero-order valence-corrected chi connectivity index (χ0v) is 10.9. The average Bonchev–Trinajstić information content (AvgIpc) is 2.90. The highest BCUT2D eigenvalue weighted by molar-refractivity contribution is 5.98. The van der Waals surface area contributed by atoms with E-state index in [-0.39, 0.29) is 18.9 Å². The van der Waals surface area contributed by atoms with E-state index in [1.54, 1.807) is 37.2 Å². The van der Waals surface area contributed by atoms with Gasteiger partial charge < -0.3 is 14.7 Å². The molecule has 0 fully saturated rings. The number of amides is 2. The van der Waals surface area contributed by atoms with Crippen molar-refractivity contribution >= 4 is 12.3 Å². The van der Waals surface area contributed by atoms with Crippen molar-refractivity contribution in [2.75, 3.05) is 13.7 Å². The lowest BCUT2D eigenvalue weighted by atomic mass is 10.3. The first-order valence-electron chi connectivity index (χ1n) is 5.51. The van der Waals surface area contributed by atoms with Gasteiger partial charge in [-0.15, -0.1) is 12.8 Å². The molecule has 104 valence electrons. The number of carbonyl (C=O) groups is 2. The highest BCUT2D eigenvalue weighted by Gasteiger charge is 2.20. The van der Waals surface area contributed by atoms with Crippen LogP contribution in [0.2, 0.25) is 0 Å². The number of nitrogens with zero attached hydrogens (tertiary/aromatic N) is 1. The number of hydrogen-bond donors (Lipinski definition) is 2. The first kappa shape index (κ1) is 16.9. The summed E-state index contributed by atoms with van der Waals surface area (Å²) in [7, 11) is 1.74. The van der Waals surface area contributed by atoms with Gasteiger partial charge >= 0.3 is 0 Å². The van der Waals surface area contributed by atoms with Gasteiger partial charge in [0.05, 0.1) is 6.61 Å². The second-order valence-electron chi connectivity index (χ2n) is 3.70. The van der Waals surface area contributed by atoms with Crippen LogP contribution in [0.5, 0.6) is 0 Å². The lowest BCUT2D eigenvalue weighted by molar-refractivity contribution is -0.122. The largest absolute Gasteiger partial charge is 0.393 e. The predicted octanol–water partition coefficient (Wildman–Crippen LogP) is -0.383. The Hall–Kier alpha value is -2.10. The van der Waals surface area contributed by atoms with Gasteiger partial charge in [-0.25, -0.2) is 0 Å². The third kappa shape index (κ3) is 5.38. The van der Waals surface area contributed by atoms with Gasteiger partial charge in [0.25, 0.3) is 5.91 Å². The van der Waals surface area contributed by atoms with Gasteiger partial charge in [-0.3, -0.25) is 14.9 Å². The van der Waals surface area contributed by atoms with Gasteiger partial charge in [0.2, 0.25) is 6.41 Å². The van der Waals surface area contributed by atoms with Crippen LogP contribution in [-0.2, 0) is 14.3 Å². The van der Waals surface area contributed by atoms with Crippen molar-refractivity contribution < 1.29 is 19.4 Å². The van der Waals surface area contributed by atoms with E-state index in [2.05, 4.69) is 12.8 Å². The van der Waals surface area contributed by atoms with Crippen molar-refractivity contribution in [1.82, 2.24) is 10.2 Å². The minimum absolute atomic E-state index is 0.0742. The molecule has 2 atom stereocenters. The van der Waals surface area contributed by atoms with Crippen LogP contribution >= 0.6 is 0 Å². The molecule has 6 heteroatoms. The molecule has 1 aliphatic rings. The van der Waals surface area contributed by atoms with Gasteiger partial charge in [0, 0.05) is 18.8 Å². The van der Waals surface area contributed by atoms with Crippen LogP contribution in [0.3, 0.4) is 0 Å². The molecule has 2 amide bonds. The summed E-state index contributed by atoms with van der Waals surface area (Å²) in [6, 6.07) is 0. The average molecular weight is 266 g/mol. The Bertz CT molecular complexity index is 387. The second-order valence-corrected chi connectivity index (χ2v) is 3.70. The molecule has 0 aliphatic carbocycles. The lowest BCUT2D eigenvalue weighted by Gasteiger charge is -2.23. The van der Waals surface area contributed by atoms with E-state index >= 15 is 0 Å². The number of terminal acetylenes is 1. The molecule has 0 saturated carbocycles. The fourth-order valence-corrected chi connectivity index (χ4v) is 1.43. The van der Waals surface area contributed by atoms with Crippen LogP contribution in [0.25, 0.3) is 0 Å². The molecule has 0 bridgehead atoms. The van der Waals surface area contributed by atoms with E-state index in [4.69, 9.17) is 9.84 Å². The molecule has 2 N–H and O–H groups in total. The summed E-state index contributed by atoms with van der Waals surface area (Å²) in [5.74, 6) is -0.451. The van der Waals surface area contributed by atoms with Gasteiger partial charge in [-0.05, 0) is 13.0 Å². The Morgan fingerprint density at radius 1 is 1.53 bits per heavy atom. The Morgan fingerprint density at radius 3 is 2.63 bits per heavy atom. The molecule has 0 aromatic heterocycles. The molecule has 0 spiro atoms. The quantitative estimate of drug-likeness (QED) is 0.307. The smallest absolute Gasteiger partial charge is 0.254 e. The molecule has 1 rings (SSSR count).